The van der Waals surface area contributed by atoms with Crippen molar-refractivity contribution in [2.75, 3.05) is 19.6 Å². The van der Waals surface area contributed by atoms with Crippen LogP contribution in [0, 0.1) is 10.8 Å². The van der Waals surface area contributed by atoms with Gasteiger partial charge in [0, 0.05) is 6.54 Å². The molecule has 1 N–H and O–H groups in total. The Kier molecular flexibility index (Phi) is 4.58. The summed E-state index contributed by atoms with van der Waals surface area (Å²) >= 11 is 0. The van der Waals surface area contributed by atoms with Gasteiger partial charge in [0.15, 0.2) is 0 Å². The number of rotatable bonds is 3. The normalized spacial score (nSPS) is 29.3. The van der Waals surface area contributed by atoms with E-state index in [1.807, 2.05) is 0 Å². The van der Waals surface area contributed by atoms with Crippen molar-refractivity contribution in [1.29, 1.82) is 0 Å². The van der Waals surface area contributed by atoms with Crippen molar-refractivity contribution in [3.8, 4) is 0 Å². The molecule has 120 valence electrons. The van der Waals surface area contributed by atoms with Gasteiger partial charge in [-0.25, -0.2) is 0 Å². The number of nitrogens with zero attached hydrogens (tertiary/aromatic N) is 1. The zero-order valence-corrected chi connectivity index (χ0v) is 13.4. The van der Waals surface area contributed by atoms with Gasteiger partial charge in [-0.1, -0.05) is 38.5 Å². The molecule has 2 saturated carbocycles. The Labute approximate surface area is 129 Å². The fourth-order valence-electron chi connectivity index (χ4n) is 5.08. The van der Waals surface area contributed by atoms with Crippen LogP contribution in [-0.2, 0) is 4.79 Å². The van der Waals surface area contributed by atoms with Crippen LogP contribution in [-0.4, -0.2) is 35.6 Å². The molecule has 3 heteroatoms. The number of carboxylic acids is 1. The van der Waals surface area contributed by atoms with E-state index in [0.717, 1.165) is 45.3 Å². The van der Waals surface area contributed by atoms with Gasteiger partial charge in [-0.2, -0.15) is 0 Å². The number of hydrogen-bond donors (Lipinski definition) is 1. The van der Waals surface area contributed by atoms with Gasteiger partial charge in [0.1, 0.15) is 0 Å². The van der Waals surface area contributed by atoms with Crippen molar-refractivity contribution in [2.24, 2.45) is 10.8 Å². The molecule has 0 aromatic heterocycles. The van der Waals surface area contributed by atoms with E-state index in [4.69, 9.17) is 0 Å². The third kappa shape index (κ3) is 3.28. The molecule has 0 bridgehead atoms. The molecule has 0 radical (unpaired) electrons. The zero-order chi connectivity index (χ0) is 14.8. The Morgan fingerprint density at radius 2 is 1.33 bits per heavy atom. The van der Waals surface area contributed by atoms with Gasteiger partial charge in [-0.05, 0) is 57.0 Å². The Bertz CT molecular complexity index is 357. The lowest BCUT2D eigenvalue weighted by Gasteiger charge is -2.46. The lowest BCUT2D eigenvalue weighted by atomic mass is 9.67. The highest BCUT2D eigenvalue weighted by Gasteiger charge is 2.43. The second-order valence-electron chi connectivity index (χ2n) is 7.98. The average molecular weight is 293 g/mol. The zero-order valence-electron chi connectivity index (χ0n) is 13.4. The standard InChI is InChI=1S/C18H31NO2/c20-16(21)18(9-5-2-6-10-18)15-19-13-11-17(12-14-19)7-3-1-4-8-17/h1-15H2,(H,20,21). The lowest BCUT2D eigenvalue weighted by molar-refractivity contribution is -0.153. The minimum atomic E-state index is -0.542. The minimum Gasteiger partial charge on any atom is -0.481 e. The van der Waals surface area contributed by atoms with Gasteiger partial charge in [0.05, 0.1) is 5.41 Å². The first kappa shape index (κ1) is 15.3. The van der Waals surface area contributed by atoms with Crippen LogP contribution in [0.2, 0.25) is 0 Å². The number of hydrogen-bond acceptors (Lipinski definition) is 2. The second-order valence-corrected chi connectivity index (χ2v) is 7.98. The third-order valence-corrected chi connectivity index (χ3v) is 6.62. The van der Waals surface area contributed by atoms with Crippen LogP contribution in [0.25, 0.3) is 0 Å². The highest BCUT2D eigenvalue weighted by atomic mass is 16.4. The molecule has 0 aromatic rings. The maximum absolute atomic E-state index is 11.8. The summed E-state index contributed by atoms with van der Waals surface area (Å²) in [6.45, 7) is 3.07. The minimum absolute atomic E-state index is 0.435. The molecule has 1 saturated heterocycles. The van der Waals surface area contributed by atoms with E-state index in [2.05, 4.69) is 4.90 Å². The van der Waals surface area contributed by atoms with Gasteiger partial charge in [-0.3, -0.25) is 4.79 Å². The number of piperidine rings is 1. The van der Waals surface area contributed by atoms with E-state index in [1.165, 1.54) is 51.4 Å². The van der Waals surface area contributed by atoms with Gasteiger partial charge in [0.25, 0.3) is 0 Å². The Morgan fingerprint density at radius 3 is 1.86 bits per heavy atom. The first-order valence-corrected chi connectivity index (χ1v) is 9.10. The van der Waals surface area contributed by atoms with E-state index in [1.54, 1.807) is 0 Å². The molecular formula is C18H31NO2. The molecule has 0 unspecified atom stereocenters. The number of carbonyl (C=O) groups is 1. The van der Waals surface area contributed by atoms with E-state index < -0.39 is 11.4 Å². The quantitative estimate of drug-likeness (QED) is 0.852. The maximum atomic E-state index is 11.8. The lowest BCUT2D eigenvalue weighted by Crippen LogP contribution is -2.49. The number of carboxylic acid groups (broad SMARTS) is 1. The summed E-state index contributed by atoms with van der Waals surface area (Å²) in [6.07, 6.45) is 14.9. The van der Waals surface area contributed by atoms with Crippen molar-refractivity contribution in [3.05, 3.63) is 0 Å². The van der Waals surface area contributed by atoms with E-state index in [9.17, 15) is 9.90 Å². The molecule has 0 amide bonds. The van der Waals surface area contributed by atoms with Crippen molar-refractivity contribution in [2.45, 2.75) is 77.0 Å². The molecule has 0 atom stereocenters. The summed E-state index contributed by atoms with van der Waals surface area (Å²) in [5.41, 5.74) is 0.188. The predicted molar refractivity (Wildman–Crippen MR) is 84.3 cm³/mol. The summed E-state index contributed by atoms with van der Waals surface area (Å²) in [5, 5.41) is 9.73. The van der Waals surface area contributed by atoms with Crippen LogP contribution >= 0.6 is 0 Å². The smallest absolute Gasteiger partial charge is 0.310 e. The molecule has 1 heterocycles. The van der Waals surface area contributed by atoms with Crippen LogP contribution in [0.4, 0.5) is 0 Å². The Hall–Kier alpha value is -0.570. The van der Waals surface area contributed by atoms with E-state index in [0.29, 0.717) is 5.41 Å². The molecule has 3 rings (SSSR count). The Morgan fingerprint density at radius 1 is 0.810 bits per heavy atom. The van der Waals surface area contributed by atoms with E-state index >= 15 is 0 Å². The average Bonchev–Trinajstić information content (AvgIpc) is 2.52. The van der Waals surface area contributed by atoms with Gasteiger partial charge in [-0.15, -0.1) is 0 Å². The highest BCUT2D eigenvalue weighted by molar-refractivity contribution is 5.75. The van der Waals surface area contributed by atoms with Crippen LogP contribution < -0.4 is 0 Å². The first-order valence-electron chi connectivity index (χ1n) is 9.10. The summed E-state index contributed by atoms with van der Waals surface area (Å²) in [6, 6.07) is 0. The van der Waals surface area contributed by atoms with E-state index in [-0.39, 0.29) is 0 Å². The maximum Gasteiger partial charge on any atom is 0.310 e. The monoisotopic (exact) mass is 293 g/mol. The van der Waals surface area contributed by atoms with Gasteiger partial charge >= 0.3 is 5.97 Å². The molecule has 2 aliphatic carbocycles. The molecule has 3 fully saturated rings. The topological polar surface area (TPSA) is 40.5 Å². The Balaban J connectivity index is 1.57. The van der Waals surface area contributed by atoms with Crippen LogP contribution in [0.3, 0.4) is 0 Å². The molecule has 1 spiro atoms. The predicted octanol–water partition coefficient (Wildman–Crippen LogP) is 4.07. The second kappa shape index (κ2) is 6.28. The SMILES string of the molecule is O=C(O)C1(CN2CCC3(CCCCC3)CC2)CCCCC1. The summed E-state index contributed by atoms with van der Waals surface area (Å²) in [5.74, 6) is -0.542. The van der Waals surface area contributed by atoms with Crippen molar-refractivity contribution in [1.82, 2.24) is 4.90 Å². The van der Waals surface area contributed by atoms with Gasteiger partial charge in [0.2, 0.25) is 0 Å². The molecule has 0 aromatic carbocycles. The van der Waals surface area contributed by atoms with Crippen LogP contribution in [0.5, 0.6) is 0 Å². The number of likely N-dealkylation sites (tertiary alicyclic amines) is 1. The molecular weight excluding hydrogens is 262 g/mol. The highest BCUT2D eigenvalue weighted by Crippen LogP contribution is 2.45. The third-order valence-electron chi connectivity index (χ3n) is 6.62. The van der Waals surface area contributed by atoms with Crippen molar-refractivity contribution < 1.29 is 9.90 Å². The van der Waals surface area contributed by atoms with Crippen molar-refractivity contribution >= 4 is 5.97 Å². The molecule has 21 heavy (non-hydrogen) atoms. The molecule has 3 nitrogen and oxygen atoms in total. The summed E-state index contributed by atoms with van der Waals surface area (Å²) in [4.78, 5) is 14.3. The van der Waals surface area contributed by atoms with Crippen LogP contribution in [0.1, 0.15) is 77.0 Å². The largest absolute Gasteiger partial charge is 0.481 e. The van der Waals surface area contributed by atoms with Crippen molar-refractivity contribution in [3.63, 3.8) is 0 Å². The van der Waals surface area contributed by atoms with Crippen LogP contribution in [0.15, 0.2) is 0 Å². The fourth-order valence-corrected chi connectivity index (χ4v) is 5.08. The summed E-state index contributed by atoms with van der Waals surface area (Å²) < 4.78 is 0. The fraction of sp³-hybridized carbons (Fsp3) is 0.944. The van der Waals surface area contributed by atoms with Gasteiger partial charge < -0.3 is 10.0 Å². The first-order chi connectivity index (χ1) is 10.1. The summed E-state index contributed by atoms with van der Waals surface area (Å²) in [7, 11) is 0. The molecule has 3 aliphatic rings. The number of aliphatic carboxylic acids is 1. The molecule has 1 aliphatic heterocycles.